The zero-order valence-corrected chi connectivity index (χ0v) is 16.5. The average Bonchev–Trinajstić information content (AvgIpc) is 3.17. The van der Waals surface area contributed by atoms with Gasteiger partial charge in [0.05, 0.1) is 11.6 Å². The van der Waals surface area contributed by atoms with Gasteiger partial charge in [0.15, 0.2) is 5.82 Å². The first-order valence-corrected chi connectivity index (χ1v) is 10.6. The summed E-state index contributed by atoms with van der Waals surface area (Å²) in [5, 5.41) is 7.88. The number of nitrogens with zero attached hydrogens (tertiary/aromatic N) is 5. The number of hydrogen-bond acceptors (Lipinski definition) is 5. The van der Waals surface area contributed by atoms with Crippen LogP contribution >= 0.6 is 0 Å². The van der Waals surface area contributed by atoms with Gasteiger partial charge in [-0.3, -0.25) is 9.78 Å². The maximum atomic E-state index is 12.8. The summed E-state index contributed by atoms with van der Waals surface area (Å²) in [6.07, 6.45) is 13.7. The van der Waals surface area contributed by atoms with E-state index in [9.17, 15) is 4.79 Å². The average molecular weight is 390 g/mol. The summed E-state index contributed by atoms with van der Waals surface area (Å²) in [6, 6.07) is 3.86. The number of anilines is 1. The zero-order chi connectivity index (χ0) is 19.6. The SMILES string of the molecule is O=C(NCc1ccncc1)[C@H]1CCCN(c2nccn3nc4c(c23)CCCC4)C1. The summed E-state index contributed by atoms with van der Waals surface area (Å²) in [5.41, 5.74) is 4.77. The van der Waals surface area contributed by atoms with Crippen LogP contribution in [0.25, 0.3) is 5.52 Å². The molecule has 1 N–H and O–H groups in total. The van der Waals surface area contributed by atoms with E-state index in [4.69, 9.17) is 10.1 Å². The van der Waals surface area contributed by atoms with Gasteiger partial charge in [-0.05, 0) is 56.2 Å². The molecule has 29 heavy (non-hydrogen) atoms. The molecule has 7 heteroatoms. The predicted octanol–water partition coefficient (Wildman–Crippen LogP) is 2.54. The molecular formula is C22H26N6O. The Bertz CT molecular complexity index is 1010. The van der Waals surface area contributed by atoms with Crippen LogP contribution in [0, 0.1) is 5.92 Å². The molecule has 0 saturated carbocycles. The molecule has 1 aliphatic heterocycles. The van der Waals surface area contributed by atoms with E-state index in [2.05, 4.69) is 15.2 Å². The highest BCUT2D eigenvalue weighted by Gasteiger charge is 2.29. The molecule has 0 unspecified atom stereocenters. The van der Waals surface area contributed by atoms with Crippen LogP contribution in [0.15, 0.2) is 36.9 Å². The molecule has 1 amide bonds. The molecule has 0 bridgehead atoms. The molecule has 3 aromatic rings. The summed E-state index contributed by atoms with van der Waals surface area (Å²) in [5.74, 6) is 1.08. The first-order chi connectivity index (χ1) is 14.3. The molecule has 0 radical (unpaired) electrons. The van der Waals surface area contributed by atoms with Gasteiger partial charge >= 0.3 is 0 Å². The molecule has 3 aromatic heterocycles. The lowest BCUT2D eigenvalue weighted by atomic mass is 9.95. The van der Waals surface area contributed by atoms with Crippen molar-refractivity contribution < 1.29 is 4.79 Å². The quantitative estimate of drug-likeness (QED) is 0.741. The monoisotopic (exact) mass is 390 g/mol. The first-order valence-electron chi connectivity index (χ1n) is 10.6. The number of fused-ring (bicyclic) bond motifs is 3. The minimum atomic E-state index is -0.0219. The van der Waals surface area contributed by atoms with E-state index in [-0.39, 0.29) is 11.8 Å². The van der Waals surface area contributed by atoms with E-state index in [1.165, 1.54) is 24.1 Å². The van der Waals surface area contributed by atoms with Crippen LogP contribution in [0.4, 0.5) is 5.82 Å². The summed E-state index contributed by atoms with van der Waals surface area (Å²) in [7, 11) is 0. The zero-order valence-electron chi connectivity index (χ0n) is 16.5. The Morgan fingerprint density at radius 1 is 1.14 bits per heavy atom. The van der Waals surface area contributed by atoms with Crippen molar-refractivity contribution in [1.29, 1.82) is 0 Å². The van der Waals surface area contributed by atoms with Gasteiger partial charge in [0.1, 0.15) is 5.52 Å². The number of nitrogens with one attached hydrogen (secondary N) is 1. The predicted molar refractivity (Wildman–Crippen MR) is 111 cm³/mol. The highest BCUT2D eigenvalue weighted by atomic mass is 16.1. The second kappa shape index (κ2) is 7.81. The number of piperidine rings is 1. The lowest BCUT2D eigenvalue weighted by molar-refractivity contribution is -0.125. The fraction of sp³-hybridized carbons (Fsp3) is 0.455. The number of hydrogen-bond donors (Lipinski definition) is 1. The van der Waals surface area contributed by atoms with Crippen molar-refractivity contribution >= 4 is 17.2 Å². The minimum absolute atomic E-state index is 0.0219. The Balaban J connectivity index is 1.34. The standard InChI is InChI=1S/C22H26N6O/c29-22(25-14-16-7-9-23-10-8-16)17-4-3-12-27(15-17)21-20-18-5-1-2-6-19(18)26-28(20)13-11-24-21/h7-11,13,17H,1-6,12,14-15H2,(H,25,29)/t17-/m0/s1. The molecule has 1 saturated heterocycles. The Labute approximate surface area is 170 Å². The van der Waals surface area contributed by atoms with Crippen LogP contribution in [0.3, 0.4) is 0 Å². The molecular weight excluding hydrogens is 364 g/mol. The molecule has 0 spiro atoms. The van der Waals surface area contributed by atoms with Gasteiger partial charge < -0.3 is 10.2 Å². The summed E-state index contributed by atoms with van der Waals surface area (Å²) in [4.78, 5) is 23.8. The van der Waals surface area contributed by atoms with Gasteiger partial charge in [-0.2, -0.15) is 5.10 Å². The van der Waals surface area contributed by atoms with E-state index in [0.29, 0.717) is 13.1 Å². The molecule has 2 aliphatic rings. The van der Waals surface area contributed by atoms with Crippen LogP contribution < -0.4 is 10.2 Å². The molecule has 4 heterocycles. The normalized spacial score (nSPS) is 19.2. The van der Waals surface area contributed by atoms with Crippen molar-refractivity contribution in [1.82, 2.24) is 24.9 Å². The number of aromatic nitrogens is 4. The van der Waals surface area contributed by atoms with Crippen molar-refractivity contribution in [3.63, 3.8) is 0 Å². The molecule has 7 nitrogen and oxygen atoms in total. The number of rotatable bonds is 4. The van der Waals surface area contributed by atoms with E-state index in [0.717, 1.165) is 49.1 Å². The maximum Gasteiger partial charge on any atom is 0.225 e. The number of pyridine rings is 1. The van der Waals surface area contributed by atoms with Crippen LogP contribution in [-0.4, -0.2) is 38.6 Å². The fourth-order valence-electron chi connectivity index (χ4n) is 4.60. The number of carbonyl (C=O) groups excluding carboxylic acids is 1. The van der Waals surface area contributed by atoms with Crippen LogP contribution in [0.2, 0.25) is 0 Å². The largest absolute Gasteiger partial charge is 0.354 e. The summed E-state index contributed by atoms with van der Waals surface area (Å²) < 4.78 is 1.99. The minimum Gasteiger partial charge on any atom is -0.354 e. The molecule has 1 atom stereocenters. The van der Waals surface area contributed by atoms with Gasteiger partial charge in [0.2, 0.25) is 5.91 Å². The lowest BCUT2D eigenvalue weighted by Crippen LogP contribution is -2.43. The summed E-state index contributed by atoms with van der Waals surface area (Å²) >= 11 is 0. The van der Waals surface area contributed by atoms with Gasteiger partial charge in [0, 0.05) is 50.0 Å². The Morgan fingerprint density at radius 3 is 2.90 bits per heavy atom. The second-order valence-corrected chi connectivity index (χ2v) is 8.03. The smallest absolute Gasteiger partial charge is 0.225 e. The van der Waals surface area contributed by atoms with Crippen LogP contribution in [0.5, 0.6) is 0 Å². The molecule has 1 aliphatic carbocycles. The first kappa shape index (κ1) is 18.1. The highest BCUT2D eigenvalue weighted by Crippen LogP contribution is 2.32. The molecule has 150 valence electrons. The number of aryl methyl sites for hydroxylation is 2. The van der Waals surface area contributed by atoms with Gasteiger partial charge in [-0.15, -0.1) is 0 Å². The molecule has 0 aromatic carbocycles. The molecule has 1 fully saturated rings. The van der Waals surface area contributed by atoms with Crippen LogP contribution in [-0.2, 0) is 24.2 Å². The topological polar surface area (TPSA) is 75.4 Å². The van der Waals surface area contributed by atoms with Crippen molar-refractivity contribution in [2.45, 2.75) is 45.1 Å². The lowest BCUT2D eigenvalue weighted by Gasteiger charge is -2.33. The second-order valence-electron chi connectivity index (χ2n) is 8.03. The van der Waals surface area contributed by atoms with Gasteiger partial charge in [-0.1, -0.05) is 0 Å². The van der Waals surface area contributed by atoms with Crippen molar-refractivity contribution in [2.75, 3.05) is 18.0 Å². The Hall–Kier alpha value is -2.96. The van der Waals surface area contributed by atoms with Crippen molar-refractivity contribution in [3.8, 4) is 0 Å². The third kappa shape index (κ3) is 3.57. The highest BCUT2D eigenvalue weighted by molar-refractivity contribution is 5.80. The van der Waals surface area contributed by atoms with E-state index in [1.54, 1.807) is 12.4 Å². The third-order valence-electron chi connectivity index (χ3n) is 6.11. The Kier molecular flexibility index (Phi) is 4.87. The van der Waals surface area contributed by atoms with E-state index in [1.807, 2.05) is 29.0 Å². The number of carbonyl (C=O) groups is 1. The van der Waals surface area contributed by atoms with Gasteiger partial charge in [0.25, 0.3) is 0 Å². The van der Waals surface area contributed by atoms with Crippen LogP contribution in [0.1, 0.15) is 42.5 Å². The maximum absolute atomic E-state index is 12.8. The van der Waals surface area contributed by atoms with E-state index < -0.39 is 0 Å². The molecule has 5 rings (SSSR count). The van der Waals surface area contributed by atoms with Crippen molar-refractivity contribution in [3.05, 3.63) is 53.7 Å². The fourth-order valence-corrected chi connectivity index (χ4v) is 4.60. The Morgan fingerprint density at radius 2 is 2.00 bits per heavy atom. The van der Waals surface area contributed by atoms with Gasteiger partial charge in [-0.25, -0.2) is 9.50 Å². The third-order valence-corrected chi connectivity index (χ3v) is 6.11. The van der Waals surface area contributed by atoms with Crippen molar-refractivity contribution in [2.24, 2.45) is 5.92 Å². The summed E-state index contributed by atoms with van der Waals surface area (Å²) in [6.45, 7) is 2.18. The number of amides is 1. The van der Waals surface area contributed by atoms with E-state index >= 15 is 0 Å².